The van der Waals surface area contributed by atoms with Crippen molar-refractivity contribution in [2.75, 3.05) is 17.7 Å². The first kappa shape index (κ1) is 18.3. The van der Waals surface area contributed by atoms with E-state index in [0.29, 0.717) is 5.56 Å². The summed E-state index contributed by atoms with van der Waals surface area (Å²) in [6.45, 7) is -0.848. The fourth-order valence-corrected chi connectivity index (χ4v) is 3.15. The molecule has 1 atom stereocenters. The lowest BCUT2D eigenvalue weighted by Crippen LogP contribution is -2.47. The van der Waals surface area contributed by atoms with Gasteiger partial charge in [0, 0.05) is 29.9 Å². The molecule has 0 radical (unpaired) electrons. The Kier molecular flexibility index (Phi) is 4.27. The van der Waals surface area contributed by atoms with Gasteiger partial charge in [0.2, 0.25) is 0 Å². The minimum absolute atomic E-state index is 0.0337. The quantitative estimate of drug-likeness (QED) is 0.874. The third-order valence-electron chi connectivity index (χ3n) is 3.88. The van der Waals surface area contributed by atoms with E-state index in [9.17, 15) is 26.7 Å². The van der Waals surface area contributed by atoms with Gasteiger partial charge in [-0.3, -0.25) is 4.98 Å². The molecule has 1 aliphatic rings. The molecule has 0 aliphatic carbocycles. The molecule has 1 unspecified atom stereocenters. The molecule has 138 valence electrons. The summed E-state index contributed by atoms with van der Waals surface area (Å²) in [5.74, 6) is -0.106. The van der Waals surface area contributed by atoms with E-state index in [2.05, 4.69) is 9.98 Å². The van der Waals surface area contributed by atoms with Crippen LogP contribution in [-0.2, 0) is 9.84 Å². The SMILES string of the molecule is CS(=O)(=O)c1ccc(N2CC(O)(C(F)(F)F)N=C2c2cccnc2)cc1. The van der Waals surface area contributed by atoms with Gasteiger partial charge in [-0.2, -0.15) is 13.2 Å². The number of alkyl halides is 3. The van der Waals surface area contributed by atoms with Gasteiger partial charge in [0.1, 0.15) is 5.84 Å². The van der Waals surface area contributed by atoms with Crippen LogP contribution in [0.4, 0.5) is 18.9 Å². The molecule has 0 spiro atoms. The van der Waals surface area contributed by atoms with Crippen molar-refractivity contribution < 1.29 is 26.7 Å². The van der Waals surface area contributed by atoms with Crippen molar-refractivity contribution in [2.45, 2.75) is 16.8 Å². The van der Waals surface area contributed by atoms with Gasteiger partial charge in [-0.15, -0.1) is 0 Å². The van der Waals surface area contributed by atoms with Crippen LogP contribution in [0.5, 0.6) is 0 Å². The smallest absolute Gasteiger partial charge is 0.361 e. The maximum Gasteiger partial charge on any atom is 0.440 e. The number of benzene rings is 1. The normalized spacial score (nSPS) is 21.0. The molecule has 0 bridgehead atoms. The fourth-order valence-electron chi connectivity index (χ4n) is 2.52. The number of nitrogens with zero attached hydrogens (tertiary/aromatic N) is 3. The molecule has 2 aromatic rings. The van der Waals surface area contributed by atoms with Crippen LogP contribution in [0.1, 0.15) is 5.56 Å². The Morgan fingerprint density at radius 2 is 1.85 bits per heavy atom. The summed E-state index contributed by atoms with van der Waals surface area (Å²) in [4.78, 5) is 8.58. The van der Waals surface area contributed by atoms with Crippen molar-refractivity contribution in [3.05, 3.63) is 54.4 Å². The fraction of sp³-hybridized carbons (Fsp3) is 0.250. The summed E-state index contributed by atoms with van der Waals surface area (Å²) in [6.07, 6.45) is -1.15. The van der Waals surface area contributed by atoms with Crippen molar-refractivity contribution in [2.24, 2.45) is 4.99 Å². The summed E-state index contributed by atoms with van der Waals surface area (Å²) in [5.41, 5.74) is -2.71. The minimum atomic E-state index is -4.97. The molecule has 26 heavy (non-hydrogen) atoms. The number of aliphatic imine (C=N–C) groups is 1. The number of aromatic nitrogens is 1. The number of sulfone groups is 1. The van der Waals surface area contributed by atoms with E-state index in [1.807, 2.05) is 0 Å². The van der Waals surface area contributed by atoms with E-state index in [1.54, 1.807) is 0 Å². The summed E-state index contributed by atoms with van der Waals surface area (Å²) in [6, 6.07) is 8.36. The second-order valence-electron chi connectivity index (χ2n) is 5.84. The highest BCUT2D eigenvalue weighted by molar-refractivity contribution is 7.90. The standard InChI is InChI=1S/C16H14F3N3O3S/c1-26(24,25)13-6-4-12(5-7-13)22-10-15(23,16(17,18)19)21-14(22)11-3-2-8-20-9-11/h2-9,23H,10H2,1H3. The second kappa shape index (κ2) is 6.06. The van der Waals surface area contributed by atoms with E-state index in [0.717, 1.165) is 6.26 Å². The molecule has 0 saturated carbocycles. The Labute approximate surface area is 147 Å². The van der Waals surface area contributed by atoms with Gasteiger partial charge in [-0.25, -0.2) is 13.4 Å². The van der Waals surface area contributed by atoms with Crippen LogP contribution in [0.25, 0.3) is 0 Å². The molecular formula is C16H14F3N3O3S. The lowest BCUT2D eigenvalue weighted by atomic mass is 10.2. The first-order valence-electron chi connectivity index (χ1n) is 7.38. The van der Waals surface area contributed by atoms with E-state index in [1.165, 1.54) is 53.7 Å². The summed E-state index contributed by atoms with van der Waals surface area (Å²) in [7, 11) is -3.44. The molecule has 0 fully saturated rings. The average molecular weight is 385 g/mol. The number of amidine groups is 1. The highest BCUT2D eigenvalue weighted by Crippen LogP contribution is 2.38. The molecule has 2 heterocycles. The highest BCUT2D eigenvalue weighted by Gasteiger charge is 2.58. The Bertz CT molecular complexity index is 944. The monoisotopic (exact) mass is 385 g/mol. The van der Waals surface area contributed by atoms with Gasteiger partial charge >= 0.3 is 6.18 Å². The molecule has 1 aromatic heterocycles. The topological polar surface area (TPSA) is 82.9 Å². The van der Waals surface area contributed by atoms with Gasteiger partial charge in [-0.05, 0) is 36.4 Å². The van der Waals surface area contributed by atoms with Crippen molar-refractivity contribution in [3.8, 4) is 0 Å². The van der Waals surface area contributed by atoms with Gasteiger partial charge in [-0.1, -0.05) is 0 Å². The van der Waals surface area contributed by atoms with Crippen molar-refractivity contribution >= 4 is 21.4 Å². The van der Waals surface area contributed by atoms with Gasteiger partial charge in [0.25, 0.3) is 5.72 Å². The second-order valence-corrected chi connectivity index (χ2v) is 7.86. The Hall–Kier alpha value is -2.46. The van der Waals surface area contributed by atoms with Crippen molar-refractivity contribution in [1.29, 1.82) is 0 Å². The Balaban J connectivity index is 2.07. The largest absolute Gasteiger partial charge is 0.440 e. The lowest BCUT2D eigenvalue weighted by molar-refractivity contribution is -0.249. The summed E-state index contributed by atoms with van der Waals surface area (Å²) in [5, 5.41) is 10.0. The predicted molar refractivity (Wildman–Crippen MR) is 88.7 cm³/mol. The number of halogens is 3. The first-order chi connectivity index (χ1) is 12.0. The molecule has 3 rings (SSSR count). The lowest BCUT2D eigenvalue weighted by Gasteiger charge is -2.25. The van der Waals surface area contributed by atoms with E-state index in [4.69, 9.17) is 0 Å². The molecule has 0 saturated heterocycles. The van der Waals surface area contributed by atoms with Crippen LogP contribution >= 0.6 is 0 Å². The molecule has 1 N–H and O–H groups in total. The van der Waals surface area contributed by atoms with Crippen LogP contribution in [0, 0.1) is 0 Å². The van der Waals surface area contributed by atoms with Crippen molar-refractivity contribution in [1.82, 2.24) is 4.98 Å². The minimum Gasteiger partial charge on any atom is -0.361 e. The van der Waals surface area contributed by atoms with Crippen LogP contribution in [-0.4, -0.2) is 49.0 Å². The van der Waals surface area contributed by atoms with Gasteiger partial charge < -0.3 is 10.0 Å². The average Bonchev–Trinajstić information content (AvgIpc) is 2.94. The Morgan fingerprint density at radius 3 is 2.35 bits per heavy atom. The number of β-amino-alcohol motifs (C(OH)–C–C–N with tert-alkyl or cyclic N) is 1. The van der Waals surface area contributed by atoms with Crippen LogP contribution in [0.15, 0.2) is 58.7 Å². The first-order valence-corrected chi connectivity index (χ1v) is 9.27. The van der Waals surface area contributed by atoms with Gasteiger partial charge in [0.05, 0.1) is 11.4 Å². The number of pyridine rings is 1. The predicted octanol–water partition coefficient (Wildman–Crippen LogP) is 2.00. The number of anilines is 1. The number of rotatable bonds is 3. The van der Waals surface area contributed by atoms with Crippen molar-refractivity contribution in [3.63, 3.8) is 0 Å². The zero-order valence-electron chi connectivity index (χ0n) is 13.5. The summed E-state index contributed by atoms with van der Waals surface area (Å²) >= 11 is 0. The molecule has 6 nitrogen and oxygen atoms in total. The van der Waals surface area contributed by atoms with E-state index >= 15 is 0 Å². The molecular weight excluding hydrogens is 371 g/mol. The zero-order valence-corrected chi connectivity index (χ0v) is 14.3. The highest BCUT2D eigenvalue weighted by atomic mass is 32.2. The maximum absolute atomic E-state index is 13.3. The molecule has 1 aromatic carbocycles. The molecule has 1 aliphatic heterocycles. The molecule has 0 amide bonds. The number of hydrogen-bond donors (Lipinski definition) is 1. The third-order valence-corrected chi connectivity index (χ3v) is 5.00. The van der Waals surface area contributed by atoms with E-state index in [-0.39, 0.29) is 16.4 Å². The van der Waals surface area contributed by atoms with E-state index < -0.39 is 28.3 Å². The summed E-state index contributed by atoms with van der Waals surface area (Å²) < 4.78 is 62.9. The Morgan fingerprint density at radius 1 is 1.19 bits per heavy atom. The third kappa shape index (κ3) is 3.29. The zero-order chi connectivity index (χ0) is 19.2. The number of hydrogen-bond acceptors (Lipinski definition) is 6. The molecule has 10 heteroatoms. The van der Waals surface area contributed by atoms with Crippen LogP contribution in [0.3, 0.4) is 0 Å². The van der Waals surface area contributed by atoms with Gasteiger partial charge in [0.15, 0.2) is 9.84 Å². The number of aliphatic hydroxyl groups is 1. The van der Waals surface area contributed by atoms with Crippen LogP contribution < -0.4 is 4.90 Å². The van der Waals surface area contributed by atoms with Crippen LogP contribution in [0.2, 0.25) is 0 Å². The maximum atomic E-state index is 13.3.